The Morgan fingerprint density at radius 2 is 1.96 bits per heavy atom. The monoisotopic (exact) mass is 344 g/mol. The molecule has 0 saturated heterocycles. The van der Waals surface area contributed by atoms with Crippen molar-refractivity contribution < 1.29 is 4.79 Å². The number of nitriles is 1. The van der Waals surface area contributed by atoms with Crippen molar-refractivity contribution >= 4 is 34.8 Å². The number of hydrogen-bond donors (Lipinski definition) is 1. The second-order valence-corrected chi connectivity index (χ2v) is 6.55. The van der Waals surface area contributed by atoms with Gasteiger partial charge in [-0.1, -0.05) is 41.8 Å². The van der Waals surface area contributed by atoms with E-state index >= 15 is 0 Å². The Morgan fingerprint density at radius 3 is 2.57 bits per heavy atom. The van der Waals surface area contributed by atoms with E-state index < -0.39 is 5.41 Å². The van der Waals surface area contributed by atoms with Crippen molar-refractivity contribution in [2.75, 3.05) is 5.32 Å². The van der Waals surface area contributed by atoms with Crippen LogP contribution in [0.5, 0.6) is 0 Å². The van der Waals surface area contributed by atoms with E-state index in [1.54, 1.807) is 36.4 Å². The van der Waals surface area contributed by atoms with Gasteiger partial charge in [-0.15, -0.1) is 0 Å². The van der Waals surface area contributed by atoms with E-state index in [2.05, 4.69) is 11.4 Å². The van der Waals surface area contributed by atoms with Crippen molar-refractivity contribution in [3.05, 3.63) is 63.6 Å². The van der Waals surface area contributed by atoms with Crippen LogP contribution >= 0.6 is 23.2 Å². The largest absolute Gasteiger partial charge is 0.325 e. The first kappa shape index (κ1) is 15.9. The van der Waals surface area contributed by atoms with Crippen LogP contribution in [-0.4, -0.2) is 5.91 Å². The second kappa shape index (κ2) is 6.23. The maximum Gasteiger partial charge on any atom is 0.235 e. The highest BCUT2D eigenvalue weighted by Crippen LogP contribution is 2.47. The molecule has 23 heavy (non-hydrogen) atoms. The van der Waals surface area contributed by atoms with Crippen LogP contribution in [0.2, 0.25) is 10.0 Å². The highest BCUT2D eigenvalue weighted by atomic mass is 35.5. The summed E-state index contributed by atoms with van der Waals surface area (Å²) in [7, 11) is 0. The predicted octanol–water partition coefficient (Wildman–Crippen LogP) is 4.93. The second-order valence-electron chi connectivity index (χ2n) is 5.71. The quantitative estimate of drug-likeness (QED) is 0.858. The van der Waals surface area contributed by atoms with Gasteiger partial charge in [0.15, 0.2) is 0 Å². The number of anilines is 1. The van der Waals surface area contributed by atoms with Gasteiger partial charge in [-0.25, -0.2) is 0 Å². The van der Waals surface area contributed by atoms with Gasteiger partial charge in [0.1, 0.15) is 0 Å². The van der Waals surface area contributed by atoms with Crippen molar-refractivity contribution in [3.8, 4) is 6.07 Å². The predicted molar refractivity (Wildman–Crippen MR) is 91.8 cm³/mol. The Kier molecular flexibility index (Phi) is 4.30. The summed E-state index contributed by atoms with van der Waals surface area (Å²) >= 11 is 12.3. The van der Waals surface area contributed by atoms with Crippen LogP contribution in [-0.2, 0) is 10.2 Å². The van der Waals surface area contributed by atoms with Gasteiger partial charge in [0, 0.05) is 15.7 Å². The van der Waals surface area contributed by atoms with E-state index in [1.165, 1.54) is 0 Å². The molecule has 0 unspecified atom stereocenters. The lowest BCUT2D eigenvalue weighted by Gasteiger charge is -2.41. The molecule has 0 spiro atoms. The van der Waals surface area contributed by atoms with E-state index in [0.29, 0.717) is 21.3 Å². The molecule has 0 atom stereocenters. The van der Waals surface area contributed by atoms with Crippen LogP contribution < -0.4 is 5.32 Å². The third kappa shape index (κ3) is 2.93. The van der Waals surface area contributed by atoms with Gasteiger partial charge in [0.25, 0.3) is 0 Å². The van der Waals surface area contributed by atoms with Gasteiger partial charge in [-0.2, -0.15) is 5.26 Å². The summed E-state index contributed by atoms with van der Waals surface area (Å²) < 4.78 is 0. The van der Waals surface area contributed by atoms with Crippen LogP contribution in [0, 0.1) is 11.3 Å². The molecular formula is C18H14Cl2N2O. The lowest BCUT2D eigenvalue weighted by Crippen LogP contribution is -2.46. The Balaban J connectivity index is 1.91. The summed E-state index contributed by atoms with van der Waals surface area (Å²) in [6.45, 7) is 0. The number of rotatable bonds is 3. The average molecular weight is 345 g/mol. The van der Waals surface area contributed by atoms with E-state index in [9.17, 15) is 4.79 Å². The van der Waals surface area contributed by atoms with Crippen LogP contribution in [0.25, 0.3) is 0 Å². The molecule has 1 aliphatic carbocycles. The Labute approximate surface area is 144 Å². The van der Waals surface area contributed by atoms with E-state index in [4.69, 9.17) is 28.5 Å². The zero-order valence-corrected chi connectivity index (χ0v) is 13.8. The van der Waals surface area contributed by atoms with Crippen molar-refractivity contribution in [2.45, 2.75) is 24.7 Å². The number of carbonyl (C=O) groups excluding carboxylic acids is 1. The molecular weight excluding hydrogens is 331 g/mol. The summed E-state index contributed by atoms with van der Waals surface area (Å²) in [5.41, 5.74) is 1.31. The maximum atomic E-state index is 12.9. The minimum atomic E-state index is -0.621. The summed E-state index contributed by atoms with van der Waals surface area (Å²) in [5.74, 6) is -0.0944. The van der Waals surface area contributed by atoms with Crippen molar-refractivity contribution in [2.24, 2.45) is 0 Å². The molecule has 0 bridgehead atoms. The average Bonchev–Trinajstić information content (AvgIpc) is 2.48. The Bertz CT molecular complexity index is 807. The van der Waals surface area contributed by atoms with Crippen LogP contribution in [0.15, 0.2) is 42.5 Å². The molecule has 0 aromatic heterocycles. The molecule has 1 aliphatic rings. The van der Waals surface area contributed by atoms with Gasteiger partial charge in [-0.3, -0.25) is 4.79 Å². The van der Waals surface area contributed by atoms with E-state index in [-0.39, 0.29) is 5.91 Å². The van der Waals surface area contributed by atoms with Crippen LogP contribution in [0.1, 0.15) is 30.4 Å². The Hall–Kier alpha value is -2.02. The number of nitrogens with zero attached hydrogens (tertiary/aromatic N) is 1. The van der Waals surface area contributed by atoms with Crippen molar-refractivity contribution in [1.29, 1.82) is 5.26 Å². The smallest absolute Gasteiger partial charge is 0.235 e. The molecule has 1 saturated carbocycles. The molecule has 1 amide bonds. The normalized spacial score (nSPS) is 15.3. The molecule has 116 valence electrons. The number of amides is 1. The first-order chi connectivity index (χ1) is 11.0. The maximum absolute atomic E-state index is 12.9. The molecule has 3 rings (SSSR count). The zero-order chi connectivity index (χ0) is 16.4. The molecule has 1 fully saturated rings. The fourth-order valence-corrected chi connectivity index (χ4v) is 3.53. The number of carbonyl (C=O) groups is 1. The highest BCUT2D eigenvalue weighted by Gasteiger charge is 2.46. The molecule has 3 nitrogen and oxygen atoms in total. The molecule has 0 heterocycles. The molecule has 1 N–H and O–H groups in total. The van der Waals surface area contributed by atoms with Crippen molar-refractivity contribution in [1.82, 2.24) is 0 Å². The SMILES string of the molecule is N#Cc1cccc(NC(=O)C2(c3ccc(Cl)cc3Cl)CCC2)c1. The number of nitrogens with one attached hydrogen (secondary N) is 1. The first-order valence-corrected chi connectivity index (χ1v) is 8.08. The van der Waals surface area contributed by atoms with E-state index in [0.717, 1.165) is 24.8 Å². The molecule has 2 aromatic rings. The summed E-state index contributed by atoms with van der Waals surface area (Å²) in [6.07, 6.45) is 2.47. The lowest BCUT2D eigenvalue weighted by atomic mass is 9.63. The summed E-state index contributed by atoms with van der Waals surface area (Å²) in [6, 6.07) is 14.2. The summed E-state index contributed by atoms with van der Waals surface area (Å²) in [4.78, 5) is 12.9. The fourth-order valence-electron chi connectivity index (χ4n) is 2.94. The molecule has 5 heteroatoms. The third-order valence-electron chi connectivity index (χ3n) is 4.34. The lowest BCUT2D eigenvalue weighted by molar-refractivity contribution is -0.124. The van der Waals surface area contributed by atoms with Crippen molar-refractivity contribution in [3.63, 3.8) is 0 Å². The Morgan fingerprint density at radius 1 is 1.17 bits per heavy atom. The van der Waals surface area contributed by atoms with Gasteiger partial charge >= 0.3 is 0 Å². The molecule has 0 aliphatic heterocycles. The summed E-state index contributed by atoms with van der Waals surface area (Å²) in [5, 5.41) is 12.9. The first-order valence-electron chi connectivity index (χ1n) is 7.32. The van der Waals surface area contributed by atoms with Gasteiger partial charge in [-0.05, 0) is 48.7 Å². The van der Waals surface area contributed by atoms with Crippen LogP contribution in [0.4, 0.5) is 5.69 Å². The molecule has 0 radical (unpaired) electrons. The molecule has 2 aromatic carbocycles. The number of hydrogen-bond acceptors (Lipinski definition) is 2. The number of benzene rings is 2. The minimum Gasteiger partial charge on any atom is -0.325 e. The topological polar surface area (TPSA) is 52.9 Å². The van der Waals surface area contributed by atoms with Crippen LogP contribution in [0.3, 0.4) is 0 Å². The zero-order valence-electron chi connectivity index (χ0n) is 12.3. The van der Waals surface area contributed by atoms with Gasteiger partial charge < -0.3 is 5.32 Å². The highest BCUT2D eigenvalue weighted by molar-refractivity contribution is 6.35. The minimum absolute atomic E-state index is 0.0944. The fraction of sp³-hybridized carbons (Fsp3) is 0.222. The standard InChI is InChI=1S/C18H14Cl2N2O/c19-13-5-6-15(16(20)10-13)18(7-2-8-18)17(23)22-14-4-1-3-12(9-14)11-21/h1,3-6,9-10H,2,7-8H2,(H,22,23). The third-order valence-corrected chi connectivity index (χ3v) is 4.89. The van der Waals surface area contributed by atoms with Gasteiger partial charge in [0.05, 0.1) is 17.0 Å². The van der Waals surface area contributed by atoms with E-state index in [1.807, 2.05) is 6.07 Å². The number of halogens is 2. The van der Waals surface area contributed by atoms with Gasteiger partial charge in [0.2, 0.25) is 5.91 Å².